The maximum absolute atomic E-state index is 13.4. The third-order valence-electron chi connectivity index (χ3n) is 8.36. The van der Waals surface area contributed by atoms with E-state index < -0.39 is 5.31 Å². The average molecular weight is 688 g/mol. The van der Waals surface area contributed by atoms with Crippen LogP contribution in [-0.4, -0.2) is 12.4 Å². The second-order valence-corrected chi connectivity index (χ2v) is 20.4. The van der Waals surface area contributed by atoms with E-state index in [4.69, 9.17) is 9.47 Å². The molecule has 0 aliphatic rings. The first-order valence-electron chi connectivity index (χ1n) is 15.4. The van der Waals surface area contributed by atoms with Crippen LogP contribution >= 0.6 is 20.8 Å². The molecule has 6 aromatic carbocycles. The maximum atomic E-state index is 13.4. The number of benzene rings is 6. The molecule has 0 N–H and O–H groups in total. The van der Waals surface area contributed by atoms with E-state index in [2.05, 4.69) is 119 Å². The number of carbonyl (C=O) groups excluding carboxylic acids is 1. The van der Waals surface area contributed by atoms with E-state index in [9.17, 15) is 4.79 Å². The number of rotatable bonds is 12. The standard InChI is InChI=1S/C41H36BrO3P/c1-32-22-23-35(41(28-32)45-30-40(43)34-24-26-36(27-25-34)44-29-33-14-6-2-7-15-33)31-46(42,37-16-8-3-9-17-37,38-18-10-4-11-19-38)39-20-12-5-13-21-39/h2-28H,29-31H2,1H3. The molecular weight excluding hydrogens is 651 g/mol. The van der Waals surface area contributed by atoms with Gasteiger partial charge in [-0.05, 0) is 5.56 Å². The summed E-state index contributed by atoms with van der Waals surface area (Å²) in [6.07, 6.45) is 0.668. The summed E-state index contributed by atoms with van der Waals surface area (Å²) < 4.78 is 12.3. The van der Waals surface area contributed by atoms with Crippen molar-refractivity contribution < 1.29 is 14.3 Å². The number of ketones is 1. The first-order chi connectivity index (χ1) is 22.4. The summed E-state index contributed by atoms with van der Waals surface area (Å²) in [5, 5.41) is 0.411. The van der Waals surface area contributed by atoms with Gasteiger partial charge in [-0.25, -0.2) is 0 Å². The molecule has 3 nitrogen and oxygen atoms in total. The minimum absolute atomic E-state index is 0.0685. The molecule has 0 aromatic heterocycles. The predicted octanol–water partition coefficient (Wildman–Crippen LogP) is 9.18. The van der Waals surface area contributed by atoms with Crippen molar-refractivity contribution in [3.63, 3.8) is 0 Å². The molecule has 0 spiro atoms. The quantitative estimate of drug-likeness (QED) is 0.0951. The molecule has 0 unspecified atom stereocenters. The third-order valence-corrected chi connectivity index (χ3v) is 17.9. The van der Waals surface area contributed by atoms with Crippen LogP contribution in [0.1, 0.15) is 27.0 Å². The topological polar surface area (TPSA) is 35.5 Å². The normalized spacial score (nSPS) is 12.1. The summed E-state index contributed by atoms with van der Waals surface area (Å²) in [6, 6.07) is 55.7. The van der Waals surface area contributed by atoms with E-state index in [1.165, 1.54) is 15.9 Å². The Labute approximate surface area is 279 Å². The van der Waals surface area contributed by atoms with Crippen LogP contribution in [0.4, 0.5) is 0 Å². The molecule has 0 heterocycles. The van der Waals surface area contributed by atoms with Crippen LogP contribution in [0.5, 0.6) is 11.5 Å². The van der Waals surface area contributed by atoms with E-state index >= 15 is 0 Å². The molecule has 0 radical (unpaired) electrons. The fourth-order valence-corrected chi connectivity index (χ4v) is 13.6. The Hall–Kier alpha value is -4.50. The van der Waals surface area contributed by atoms with Crippen LogP contribution in [-0.2, 0) is 12.8 Å². The Morgan fingerprint density at radius 3 is 1.63 bits per heavy atom. The van der Waals surface area contributed by atoms with Crippen LogP contribution in [0.3, 0.4) is 0 Å². The molecule has 0 saturated heterocycles. The summed E-state index contributed by atoms with van der Waals surface area (Å²) in [5.74, 6) is 1.34. The molecule has 0 bridgehead atoms. The van der Waals surface area contributed by atoms with Crippen molar-refractivity contribution >= 4 is 42.5 Å². The van der Waals surface area contributed by atoms with Crippen molar-refractivity contribution in [2.45, 2.75) is 19.7 Å². The number of ether oxygens (including phenoxy) is 2. The SMILES string of the molecule is Cc1ccc(CP(Br)(c2ccccc2)(c2ccccc2)c2ccccc2)c(OCC(=O)c2ccc(OCc3ccccc3)cc2)c1. The number of hydrogen-bond acceptors (Lipinski definition) is 3. The van der Waals surface area contributed by atoms with Gasteiger partial charge in [0.05, 0.1) is 0 Å². The fourth-order valence-electron chi connectivity index (χ4n) is 5.89. The third kappa shape index (κ3) is 6.56. The summed E-state index contributed by atoms with van der Waals surface area (Å²) in [6.45, 7) is 2.45. The van der Waals surface area contributed by atoms with Gasteiger partial charge in [-0.15, -0.1) is 0 Å². The van der Waals surface area contributed by atoms with Crippen molar-refractivity contribution in [2.24, 2.45) is 0 Å². The second kappa shape index (κ2) is 13.9. The van der Waals surface area contributed by atoms with Gasteiger partial charge in [0, 0.05) is 0 Å². The summed E-state index contributed by atoms with van der Waals surface area (Å²) >= 11 is 4.55. The molecule has 6 rings (SSSR count). The molecule has 0 aliphatic carbocycles. The van der Waals surface area contributed by atoms with Gasteiger partial charge in [-0.3, -0.25) is 0 Å². The van der Waals surface area contributed by atoms with Crippen LogP contribution in [0.15, 0.2) is 164 Å². The van der Waals surface area contributed by atoms with Crippen LogP contribution < -0.4 is 25.4 Å². The zero-order chi connectivity index (χ0) is 31.8. The summed E-state index contributed by atoms with van der Waals surface area (Å²) in [4.78, 5) is 13.4. The van der Waals surface area contributed by atoms with Crippen molar-refractivity contribution in [1.29, 1.82) is 0 Å². The van der Waals surface area contributed by atoms with E-state index in [1.807, 2.05) is 55.5 Å². The Kier molecular flexibility index (Phi) is 9.49. The zero-order valence-electron chi connectivity index (χ0n) is 25.8. The Morgan fingerprint density at radius 2 is 1.11 bits per heavy atom. The monoisotopic (exact) mass is 686 g/mol. The predicted molar refractivity (Wildman–Crippen MR) is 196 cm³/mol. The van der Waals surface area contributed by atoms with Crippen LogP contribution in [0, 0.1) is 6.92 Å². The molecule has 0 aliphatic heterocycles. The molecule has 0 saturated carbocycles. The van der Waals surface area contributed by atoms with Gasteiger partial charge < -0.3 is 0 Å². The van der Waals surface area contributed by atoms with Crippen molar-refractivity contribution in [2.75, 3.05) is 6.61 Å². The first kappa shape index (κ1) is 31.5. The molecule has 230 valence electrons. The van der Waals surface area contributed by atoms with Gasteiger partial charge in [0.1, 0.15) is 0 Å². The van der Waals surface area contributed by atoms with Gasteiger partial charge >= 0.3 is 245 Å². The van der Waals surface area contributed by atoms with Gasteiger partial charge in [-0.2, -0.15) is 0 Å². The van der Waals surface area contributed by atoms with Crippen LogP contribution in [0.25, 0.3) is 0 Å². The molecule has 0 fully saturated rings. The Morgan fingerprint density at radius 1 is 0.609 bits per heavy atom. The molecular formula is C41H36BrO3P. The molecule has 6 aromatic rings. The number of halogens is 1. The zero-order valence-corrected chi connectivity index (χ0v) is 28.2. The minimum atomic E-state index is -3.26. The number of aryl methyl sites for hydroxylation is 1. The van der Waals surface area contributed by atoms with Gasteiger partial charge in [0.15, 0.2) is 0 Å². The number of carbonyl (C=O) groups is 1. The fraction of sp³-hybridized carbons (Fsp3) is 0.0976. The Bertz CT molecular complexity index is 1800. The van der Waals surface area contributed by atoms with Gasteiger partial charge in [-0.1, -0.05) is 30.3 Å². The molecule has 0 amide bonds. The Balaban J connectivity index is 1.30. The molecule has 0 atom stereocenters. The molecule has 46 heavy (non-hydrogen) atoms. The van der Waals surface area contributed by atoms with E-state index in [1.54, 1.807) is 12.1 Å². The number of Topliss-reactive ketones (excluding diaryl/α,β-unsaturated/α-hetero) is 1. The van der Waals surface area contributed by atoms with E-state index in [-0.39, 0.29) is 12.4 Å². The summed E-state index contributed by atoms with van der Waals surface area (Å²) in [7, 11) is 0. The van der Waals surface area contributed by atoms with Gasteiger partial charge in [0.2, 0.25) is 0 Å². The van der Waals surface area contributed by atoms with Crippen LogP contribution in [0.2, 0.25) is 0 Å². The second-order valence-electron chi connectivity index (χ2n) is 11.5. The van der Waals surface area contributed by atoms with Crippen molar-refractivity contribution in [1.82, 2.24) is 0 Å². The molecule has 5 heteroatoms. The summed E-state index contributed by atoms with van der Waals surface area (Å²) in [5.41, 5.74) is 3.78. The van der Waals surface area contributed by atoms with Crippen molar-refractivity contribution in [3.8, 4) is 11.5 Å². The van der Waals surface area contributed by atoms with E-state index in [0.29, 0.717) is 29.8 Å². The number of hydrogen-bond donors (Lipinski definition) is 0. The average Bonchev–Trinajstić information content (AvgIpc) is 3.12. The first-order valence-corrected chi connectivity index (χ1v) is 19.8. The van der Waals surface area contributed by atoms with Crippen molar-refractivity contribution in [3.05, 3.63) is 186 Å². The van der Waals surface area contributed by atoms with Gasteiger partial charge in [0.25, 0.3) is 0 Å². The van der Waals surface area contributed by atoms with E-state index in [0.717, 1.165) is 16.7 Å².